The molecule has 44 heavy (non-hydrogen) atoms. The molecule has 0 aliphatic carbocycles. The van der Waals surface area contributed by atoms with Crippen LogP contribution in [0.25, 0.3) is 16.7 Å². The van der Waals surface area contributed by atoms with E-state index in [4.69, 9.17) is 34.5 Å². The van der Waals surface area contributed by atoms with Crippen molar-refractivity contribution in [3.63, 3.8) is 0 Å². The fourth-order valence-electron chi connectivity index (χ4n) is 5.19. The normalized spacial score (nSPS) is 29.0. The molecular formula is C21H26N9O12P2+. The Balaban J connectivity index is 1.20. The molecule has 0 saturated carbocycles. The summed E-state index contributed by atoms with van der Waals surface area (Å²) in [5, 5.41) is 24.6. The molecule has 4 aromatic rings. The van der Waals surface area contributed by atoms with E-state index in [1.807, 2.05) is 0 Å². The number of rotatable bonds is 10. The number of nitrogens with zero attached hydrogens (tertiary/aromatic N) is 6. The highest BCUT2D eigenvalue weighted by molar-refractivity contribution is 7.47. The van der Waals surface area contributed by atoms with Crippen molar-refractivity contribution in [2.45, 2.75) is 49.3 Å². The number of H-pyrrole nitrogens is 1. The Morgan fingerprint density at radius 3 is 2.77 bits per heavy atom. The Labute approximate surface area is 245 Å². The average molecular weight is 658 g/mol. The van der Waals surface area contributed by atoms with Gasteiger partial charge in [-0.3, -0.25) is 23.4 Å². The fraction of sp³-hybridized carbons (Fsp3) is 0.476. The zero-order chi connectivity index (χ0) is 31.3. The Hall–Kier alpha value is -3.46. The highest BCUT2D eigenvalue weighted by atomic mass is 31.2. The molecule has 9 N–H and O–H groups in total. The molecule has 2 fully saturated rings. The van der Waals surface area contributed by atoms with E-state index in [9.17, 15) is 33.9 Å². The third-order valence-corrected chi connectivity index (χ3v) is 8.58. The van der Waals surface area contributed by atoms with Gasteiger partial charge in [-0.1, -0.05) is 0 Å². The van der Waals surface area contributed by atoms with Gasteiger partial charge in [0.15, 0.2) is 23.2 Å². The number of aromatic nitrogens is 7. The minimum Gasteiger partial charge on any atom is -0.394 e. The molecule has 6 rings (SSSR count). The minimum atomic E-state index is -5.05. The number of aromatic amines is 1. The number of aliphatic hydroxyl groups is 2. The summed E-state index contributed by atoms with van der Waals surface area (Å²) >= 11 is 0. The number of nitrogens with one attached hydrogen (secondary N) is 1. The van der Waals surface area contributed by atoms with Crippen molar-refractivity contribution >= 4 is 44.5 Å². The third-order valence-electron chi connectivity index (χ3n) is 7.14. The summed E-state index contributed by atoms with van der Waals surface area (Å²) in [4.78, 5) is 46.4. The molecule has 2 saturated heterocycles. The minimum absolute atomic E-state index is 0.0423. The zero-order valence-corrected chi connectivity index (χ0v) is 24.0. The second-order valence-corrected chi connectivity index (χ2v) is 11.9. The van der Waals surface area contributed by atoms with Crippen LogP contribution in [-0.2, 0) is 32.2 Å². The topological polar surface area (TPSA) is 307 Å². The molecule has 6 heterocycles. The van der Waals surface area contributed by atoms with Crippen molar-refractivity contribution in [1.82, 2.24) is 34.1 Å². The third kappa shape index (κ3) is 5.71. The maximum atomic E-state index is 13.1. The molecule has 0 aromatic carbocycles. The van der Waals surface area contributed by atoms with E-state index in [2.05, 4.69) is 25.0 Å². The molecule has 9 atom stereocenters. The Morgan fingerprint density at radius 2 is 2.02 bits per heavy atom. The number of phosphoric acid groups is 1. The number of imidazole rings is 1. The predicted molar refractivity (Wildman–Crippen MR) is 145 cm³/mol. The summed E-state index contributed by atoms with van der Waals surface area (Å²) in [6, 6.07) is 3.32. The first kappa shape index (κ1) is 30.6. The standard InChI is InChI=1S/C21H25N9O12P2/c22-17-9-2-1-8(30(9)26-6-24-17)10-3-11(41-43(34)35)13(39-10)5-38-44(36,37)42-16-15(32)12(4-31)40-20(16)29-7-25-14-18(29)27-21(23)28-19(14)33/h1-2,6-7,10-13,15-16,20,31-32H,3-5H2,(H6-,22,23,24,26,27,28,33,34,35,36,37)/p+1/t10-,11?,12-,13-,15-,16?,20-/m1/s1. The van der Waals surface area contributed by atoms with Gasteiger partial charge in [-0.15, -0.1) is 9.42 Å². The van der Waals surface area contributed by atoms with Crippen LogP contribution in [0.5, 0.6) is 0 Å². The first-order valence-electron chi connectivity index (χ1n) is 12.8. The lowest BCUT2D eigenvalue weighted by Gasteiger charge is -2.24. The maximum Gasteiger partial charge on any atom is 0.695 e. The van der Waals surface area contributed by atoms with E-state index < -0.39 is 77.7 Å². The van der Waals surface area contributed by atoms with Crippen LogP contribution in [0, 0.1) is 0 Å². The highest BCUT2D eigenvalue weighted by Gasteiger charge is 2.50. The number of fused-ring (bicyclic) bond motifs is 2. The van der Waals surface area contributed by atoms with Crippen LogP contribution < -0.4 is 17.0 Å². The fourth-order valence-corrected chi connectivity index (χ4v) is 6.57. The van der Waals surface area contributed by atoms with Crippen LogP contribution in [0.2, 0.25) is 0 Å². The van der Waals surface area contributed by atoms with Crippen molar-refractivity contribution in [1.29, 1.82) is 0 Å². The lowest BCUT2D eigenvalue weighted by Crippen LogP contribution is -2.35. The van der Waals surface area contributed by atoms with E-state index in [0.29, 0.717) is 11.2 Å². The van der Waals surface area contributed by atoms with E-state index in [-0.39, 0.29) is 29.4 Å². The van der Waals surface area contributed by atoms with E-state index >= 15 is 0 Å². The molecule has 0 spiro atoms. The van der Waals surface area contributed by atoms with Gasteiger partial charge in [-0.2, -0.15) is 10.1 Å². The van der Waals surface area contributed by atoms with Gasteiger partial charge in [-0.25, -0.2) is 19.0 Å². The molecule has 4 unspecified atom stereocenters. The van der Waals surface area contributed by atoms with Crippen molar-refractivity contribution in [2.24, 2.45) is 0 Å². The number of phosphoric ester groups is 1. The van der Waals surface area contributed by atoms with Gasteiger partial charge in [0.2, 0.25) is 5.95 Å². The van der Waals surface area contributed by atoms with Crippen LogP contribution in [0.15, 0.2) is 29.6 Å². The molecule has 23 heteroatoms. The van der Waals surface area contributed by atoms with Crippen molar-refractivity contribution in [3.05, 3.63) is 40.8 Å². The summed E-state index contributed by atoms with van der Waals surface area (Å²) < 4.78 is 54.5. The van der Waals surface area contributed by atoms with Gasteiger partial charge in [0.25, 0.3) is 5.56 Å². The molecule has 0 radical (unpaired) electrons. The van der Waals surface area contributed by atoms with Crippen molar-refractivity contribution in [3.8, 4) is 0 Å². The highest BCUT2D eigenvalue weighted by Crippen LogP contribution is 2.50. The molecule has 2 aliphatic rings. The number of ether oxygens (including phenoxy) is 2. The first-order valence-corrected chi connectivity index (χ1v) is 15.5. The summed E-state index contributed by atoms with van der Waals surface area (Å²) in [6.45, 7) is -1.35. The number of hydrogen-bond acceptors (Lipinski definition) is 16. The molecule has 4 aromatic heterocycles. The summed E-state index contributed by atoms with van der Waals surface area (Å²) in [5.74, 6) is -0.0428. The van der Waals surface area contributed by atoms with Crippen LogP contribution in [0.1, 0.15) is 24.4 Å². The molecule has 0 amide bonds. The van der Waals surface area contributed by atoms with Gasteiger partial charge in [0, 0.05) is 11.0 Å². The van der Waals surface area contributed by atoms with Crippen molar-refractivity contribution < 1.29 is 52.2 Å². The van der Waals surface area contributed by atoms with Gasteiger partial charge in [-0.05, 0) is 12.1 Å². The quantitative estimate of drug-likeness (QED) is 0.0968. The largest absolute Gasteiger partial charge is 0.695 e. The summed E-state index contributed by atoms with van der Waals surface area (Å²) in [7, 11) is -8.14. The Bertz CT molecular complexity index is 1820. The molecule has 2 aliphatic heterocycles. The lowest BCUT2D eigenvalue weighted by molar-refractivity contribution is -0.0545. The van der Waals surface area contributed by atoms with E-state index in [1.54, 1.807) is 12.1 Å². The van der Waals surface area contributed by atoms with E-state index in [1.165, 1.54) is 10.8 Å². The molecule has 236 valence electrons. The van der Waals surface area contributed by atoms with Crippen LogP contribution in [0.3, 0.4) is 0 Å². The Kier molecular flexibility index (Phi) is 8.20. The number of nitrogens with two attached hydrogens (primary N) is 2. The van der Waals surface area contributed by atoms with E-state index in [0.717, 1.165) is 10.9 Å². The number of aliphatic hydroxyl groups excluding tert-OH is 2. The molecular weight excluding hydrogens is 632 g/mol. The SMILES string of the molecule is Nc1nc2c(ncn2[C@@H]2O[C@H](CO)[C@@H](O)C2OP(=O)(O)OC[C@H]2O[C@@H](c3ccc4c(N)ncnn34)CC2O[P+](=O)O)c(=O)[nH]1. The number of anilines is 2. The number of nitrogen functional groups attached to an aromatic ring is 2. The summed E-state index contributed by atoms with van der Waals surface area (Å²) in [5.41, 5.74) is 11.6. The predicted octanol–water partition coefficient (Wildman–Crippen LogP) is -1.36. The second-order valence-electron chi connectivity index (χ2n) is 9.83. The van der Waals surface area contributed by atoms with Gasteiger partial charge in [0.05, 0.1) is 25.2 Å². The van der Waals surface area contributed by atoms with Gasteiger partial charge >= 0.3 is 16.1 Å². The van der Waals surface area contributed by atoms with Gasteiger partial charge in [0.1, 0.15) is 48.5 Å². The molecule has 0 bridgehead atoms. The Morgan fingerprint density at radius 1 is 1.23 bits per heavy atom. The first-order chi connectivity index (χ1) is 21.0. The van der Waals surface area contributed by atoms with Crippen LogP contribution >= 0.6 is 16.1 Å². The maximum absolute atomic E-state index is 13.1. The average Bonchev–Trinajstić information content (AvgIpc) is 3.73. The lowest BCUT2D eigenvalue weighted by atomic mass is 10.1. The molecule has 21 nitrogen and oxygen atoms in total. The number of hydrogen-bond donors (Lipinski definition) is 7. The zero-order valence-electron chi connectivity index (χ0n) is 22.3. The second kappa shape index (κ2) is 11.8. The van der Waals surface area contributed by atoms with Crippen LogP contribution in [-0.4, -0.2) is 97.9 Å². The van der Waals surface area contributed by atoms with Crippen molar-refractivity contribution in [2.75, 3.05) is 24.7 Å². The summed E-state index contributed by atoms with van der Waals surface area (Å²) in [6.07, 6.45) is -6.52. The van der Waals surface area contributed by atoms with Gasteiger partial charge < -0.3 is 36.0 Å². The smallest absolute Gasteiger partial charge is 0.394 e. The van der Waals surface area contributed by atoms with Crippen LogP contribution in [0.4, 0.5) is 11.8 Å². The monoisotopic (exact) mass is 658 g/mol.